The lowest BCUT2D eigenvalue weighted by molar-refractivity contribution is -0.160. The number of β-lactam (4-membered cyclic amide) rings is 1. The second-order valence-corrected chi connectivity index (χ2v) is 13.8. The maximum atomic E-state index is 13.4. The molecule has 12 nitrogen and oxygen atoms in total. The van der Waals surface area contributed by atoms with Crippen LogP contribution in [0.2, 0.25) is 0 Å². The molecule has 5 aliphatic rings. The van der Waals surface area contributed by atoms with Gasteiger partial charge in [-0.25, -0.2) is 9.48 Å². The van der Waals surface area contributed by atoms with Gasteiger partial charge in [-0.05, 0) is 60.3 Å². The zero-order chi connectivity index (χ0) is 28.3. The van der Waals surface area contributed by atoms with Crippen LogP contribution in [0.25, 0.3) is 0 Å². The second-order valence-electron chi connectivity index (χ2n) is 12.4. The van der Waals surface area contributed by atoms with Gasteiger partial charge in [-0.1, -0.05) is 13.8 Å². The van der Waals surface area contributed by atoms with E-state index in [1.54, 1.807) is 0 Å². The number of hydrogen-bond acceptors (Lipinski definition) is 10. The van der Waals surface area contributed by atoms with Gasteiger partial charge in [0, 0.05) is 41.0 Å². The van der Waals surface area contributed by atoms with Crippen molar-refractivity contribution in [2.75, 3.05) is 6.54 Å². The van der Waals surface area contributed by atoms with Gasteiger partial charge in [0.1, 0.15) is 18.6 Å². The monoisotopic (exact) mass is 571 g/mol. The molecule has 10 atom stereocenters. The first-order chi connectivity index (χ1) is 19.1. The summed E-state index contributed by atoms with van der Waals surface area (Å²) in [5.74, 6) is -1.03. The molecule has 2 saturated carbocycles. The van der Waals surface area contributed by atoms with E-state index in [0.29, 0.717) is 29.7 Å². The molecule has 13 heteroatoms. The van der Waals surface area contributed by atoms with Crippen LogP contribution in [0, 0.1) is 35.5 Å². The van der Waals surface area contributed by atoms with Crippen LogP contribution in [-0.4, -0.2) is 83.6 Å². The van der Waals surface area contributed by atoms with Crippen molar-refractivity contribution in [2.45, 2.75) is 82.3 Å². The Morgan fingerprint density at radius 2 is 1.95 bits per heavy atom. The van der Waals surface area contributed by atoms with Crippen molar-refractivity contribution >= 4 is 35.2 Å². The van der Waals surface area contributed by atoms with Gasteiger partial charge in [0.05, 0.1) is 18.0 Å². The van der Waals surface area contributed by atoms with Crippen LogP contribution in [-0.2, 0) is 25.7 Å². The summed E-state index contributed by atoms with van der Waals surface area (Å²) in [4.78, 5) is 53.7. The Kier molecular flexibility index (Phi) is 7.32. The molecule has 2 aliphatic carbocycles. The van der Waals surface area contributed by atoms with Crippen molar-refractivity contribution in [3.05, 3.63) is 16.9 Å². The van der Waals surface area contributed by atoms with E-state index in [0.717, 1.165) is 25.7 Å². The highest BCUT2D eigenvalue weighted by molar-refractivity contribution is 8.03. The van der Waals surface area contributed by atoms with E-state index in [2.05, 4.69) is 20.8 Å². The summed E-state index contributed by atoms with van der Waals surface area (Å²) < 4.78 is 1.35. The number of nitrogens with zero attached hydrogens (tertiary/aromatic N) is 5. The number of Topliss-reactive ketones (excluding diaryl/α,β-unsaturated/α-hetero) is 2. The normalized spacial score (nSPS) is 37.4. The number of carboxylic acid groups (broad SMARTS) is 1. The number of carbonyl (C=O) groups excluding carboxylic acids is 3. The summed E-state index contributed by atoms with van der Waals surface area (Å²) in [5.41, 5.74) is 6.40. The number of nitrogens with one attached hydrogen (secondary N) is 1. The molecule has 6 rings (SSSR count). The number of aromatic nitrogens is 4. The number of nitrogens with two attached hydrogens (primary N) is 1. The Bertz CT molecular complexity index is 1220. The van der Waals surface area contributed by atoms with Crippen LogP contribution in [0.4, 0.5) is 0 Å². The Labute approximate surface area is 236 Å². The number of thioether (sulfide) groups is 1. The predicted octanol–water partition coefficient (Wildman–Crippen LogP) is 0.838. The third-order valence-corrected chi connectivity index (χ3v) is 11.5. The molecule has 0 radical (unpaired) electrons. The van der Waals surface area contributed by atoms with Gasteiger partial charge in [-0.2, -0.15) is 0 Å². The van der Waals surface area contributed by atoms with Crippen LogP contribution in [0.3, 0.4) is 0 Å². The zero-order valence-electron chi connectivity index (χ0n) is 22.8. The third-order valence-electron chi connectivity index (χ3n) is 9.99. The number of tetrazole rings is 1. The van der Waals surface area contributed by atoms with Gasteiger partial charge in [0.2, 0.25) is 5.91 Å². The summed E-state index contributed by atoms with van der Waals surface area (Å²) in [6.45, 7) is 4.49. The fourth-order valence-electron chi connectivity index (χ4n) is 8.03. The van der Waals surface area contributed by atoms with Crippen molar-refractivity contribution in [2.24, 2.45) is 41.2 Å². The van der Waals surface area contributed by atoms with E-state index < -0.39 is 11.9 Å². The van der Waals surface area contributed by atoms with E-state index in [-0.39, 0.29) is 77.3 Å². The minimum atomic E-state index is -1.11. The topological polar surface area (TPSA) is 173 Å². The number of aliphatic carboxylic acids is 1. The minimum Gasteiger partial charge on any atom is -0.477 e. The molecule has 4 fully saturated rings. The SMILES string of the molecule is C[C@@H](CC(=O)Cn1cnnn1)[C@H]1C(=O)N2C(C(=O)O)=C(SC3CNC(C(=O)C4C[C@H]5CC[C@@H](C4)C5N)C3)[C@H](C)[C@H]12. The maximum absolute atomic E-state index is 13.4. The highest BCUT2D eigenvalue weighted by atomic mass is 32.2. The summed E-state index contributed by atoms with van der Waals surface area (Å²) in [6, 6.07) is -0.275. The molecule has 0 spiro atoms. The number of fused-ring (bicyclic) bond motifs is 3. The highest BCUT2D eigenvalue weighted by Gasteiger charge is 2.60. The molecule has 1 aromatic rings. The molecule has 2 bridgehead atoms. The van der Waals surface area contributed by atoms with Crippen molar-refractivity contribution in [3.8, 4) is 0 Å². The average molecular weight is 572 g/mol. The molecule has 1 aromatic heterocycles. The lowest BCUT2D eigenvalue weighted by Crippen LogP contribution is -2.62. The maximum Gasteiger partial charge on any atom is 0.353 e. The number of ketones is 2. The fraction of sp³-hybridized carbons (Fsp3) is 0.741. The Morgan fingerprint density at radius 1 is 1.23 bits per heavy atom. The average Bonchev–Trinajstić information content (AvgIpc) is 3.66. The number of amides is 1. The fourth-order valence-corrected chi connectivity index (χ4v) is 9.51. The summed E-state index contributed by atoms with van der Waals surface area (Å²) in [7, 11) is 0. The molecule has 216 valence electrons. The lowest BCUT2D eigenvalue weighted by Gasteiger charge is -2.47. The van der Waals surface area contributed by atoms with Crippen molar-refractivity contribution < 1.29 is 24.3 Å². The van der Waals surface area contributed by atoms with Gasteiger partial charge in [0.25, 0.3) is 0 Å². The second kappa shape index (κ2) is 10.6. The van der Waals surface area contributed by atoms with Gasteiger partial charge in [-0.3, -0.25) is 14.4 Å². The quantitative estimate of drug-likeness (QED) is 0.340. The summed E-state index contributed by atoms with van der Waals surface area (Å²) in [6.07, 6.45) is 6.22. The molecule has 40 heavy (non-hydrogen) atoms. The van der Waals surface area contributed by atoms with Gasteiger partial charge in [0.15, 0.2) is 11.6 Å². The predicted molar refractivity (Wildman–Crippen MR) is 144 cm³/mol. The molecular weight excluding hydrogens is 534 g/mol. The molecular formula is C27H37N7O5S. The van der Waals surface area contributed by atoms with Crippen molar-refractivity contribution in [1.82, 2.24) is 30.4 Å². The van der Waals surface area contributed by atoms with Gasteiger partial charge < -0.3 is 21.1 Å². The van der Waals surface area contributed by atoms with Crippen molar-refractivity contribution in [3.63, 3.8) is 0 Å². The third kappa shape index (κ3) is 4.69. The van der Waals surface area contributed by atoms with E-state index in [1.807, 2.05) is 13.8 Å². The van der Waals surface area contributed by atoms with Crippen LogP contribution < -0.4 is 11.1 Å². The first-order valence-electron chi connectivity index (χ1n) is 14.4. The van der Waals surface area contributed by atoms with Crippen LogP contribution >= 0.6 is 11.8 Å². The van der Waals surface area contributed by atoms with E-state index >= 15 is 0 Å². The molecule has 0 aromatic carbocycles. The Morgan fingerprint density at radius 3 is 2.60 bits per heavy atom. The van der Waals surface area contributed by atoms with E-state index in [9.17, 15) is 24.3 Å². The first-order valence-corrected chi connectivity index (χ1v) is 15.2. The smallest absolute Gasteiger partial charge is 0.353 e. The van der Waals surface area contributed by atoms with Gasteiger partial charge in [-0.15, -0.1) is 16.9 Å². The lowest BCUT2D eigenvalue weighted by atomic mass is 9.73. The van der Waals surface area contributed by atoms with E-state index in [4.69, 9.17) is 5.73 Å². The van der Waals surface area contributed by atoms with E-state index in [1.165, 1.54) is 27.7 Å². The standard InChI is InChI=1S/C27H37N7O5S/c1-12(5-17(35)10-33-11-30-31-32-33)20-22-13(2)25(23(27(38)39)34(22)26(20)37)40-18-8-19(29-9-18)24(36)16-6-14-3-4-15(7-16)21(14)28/h11-16,18-22,29H,3-10,28H2,1-2H3,(H,38,39)/t12-,13+,14-,15+,16?,18?,19?,20+,21?,22+/m0/s1. The number of carbonyl (C=O) groups is 4. The van der Waals surface area contributed by atoms with Crippen LogP contribution in [0.5, 0.6) is 0 Å². The number of hydrogen-bond donors (Lipinski definition) is 3. The van der Waals surface area contributed by atoms with Crippen molar-refractivity contribution in [1.29, 1.82) is 0 Å². The molecule has 3 aliphatic heterocycles. The zero-order valence-corrected chi connectivity index (χ0v) is 23.6. The number of rotatable bonds is 10. The number of carboxylic acids is 1. The Balaban J connectivity index is 1.09. The van der Waals surface area contributed by atoms with Crippen LogP contribution in [0.1, 0.15) is 52.4 Å². The highest BCUT2D eigenvalue weighted by Crippen LogP contribution is 2.53. The first kappa shape index (κ1) is 27.5. The summed E-state index contributed by atoms with van der Waals surface area (Å²) >= 11 is 1.50. The minimum absolute atomic E-state index is 0.0332. The molecule has 1 amide bonds. The largest absolute Gasteiger partial charge is 0.477 e. The van der Waals surface area contributed by atoms with Crippen LogP contribution in [0.15, 0.2) is 16.9 Å². The Hall–Kier alpha value is -2.64. The molecule has 4 N–H and O–H groups in total. The molecule has 2 saturated heterocycles. The molecule has 4 unspecified atom stereocenters. The molecule has 4 heterocycles. The van der Waals surface area contributed by atoms with Gasteiger partial charge >= 0.3 is 5.97 Å². The summed E-state index contributed by atoms with van der Waals surface area (Å²) in [5, 5.41) is 24.3.